The average molecular weight is 281 g/mol. The normalized spacial score (nSPS) is 25.8. The maximum absolute atomic E-state index is 3.64. The molecule has 1 aliphatic carbocycles. The van der Waals surface area contributed by atoms with Gasteiger partial charge in [-0.05, 0) is 43.0 Å². The molecule has 3 heteroatoms. The third-order valence-corrected chi connectivity index (χ3v) is 4.12. The molecule has 3 rings (SSSR count). The summed E-state index contributed by atoms with van der Waals surface area (Å²) in [5, 5.41) is 3.64. The number of piperazine rings is 1. The molecule has 0 bridgehead atoms. The van der Waals surface area contributed by atoms with Gasteiger partial charge in [-0.2, -0.15) is 0 Å². The Labute approximate surface area is 105 Å². The molecule has 2 nitrogen and oxygen atoms in total. The molecule has 0 amide bonds. The van der Waals surface area contributed by atoms with Gasteiger partial charge in [0.15, 0.2) is 0 Å². The summed E-state index contributed by atoms with van der Waals surface area (Å²) in [6.45, 7) is 3.42. The van der Waals surface area contributed by atoms with Crippen molar-refractivity contribution in [2.24, 2.45) is 5.92 Å². The fraction of sp³-hybridized carbons (Fsp3) is 0.538. The first kappa shape index (κ1) is 10.6. The van der Waals surface area contributed by atoms with Gasteiger partial charge >= 0.3 is 0 Å². The van der Waals surface area contributed by atoms with Crippen molar-refractivity contribution < 1.29 is 0 Å². The summed E-state index contributed by atoms with van der Waals surface area (Å²) in [4.78, 5) is 2.51. The first-order valence-electron chi connectivity index (χ1n) is 6.07. The van der Waals surface area contributed by atoms with E-state index >= 15 is 0 Å². The zero-order valence-electron chi connectivity index (χ0n) is 9.32. The highest BCUT2D eigenvalue weighted by molar-refractivity contribution is 9.10. The Kier molecular flexibility index (Phi) is 2.90. The number of benzene rings is 1. The molecule has 1 saturated heterocycles. The monoisotopic (exact) mass is 280 g/mol. The third-order valence-electron chi connectivity index (χ3n) is 3.59. The SMILES string of the molecule is Brc1ccc(N2CCNC(C3CC3)C2)cc1. The molecule has 0 spiro atoms. The molecule has 1 atom stereocenters. The van der Waals surface area contributed by atoms with E-state index in [2.05, 4.69) is 50.4 Å². The van der Waals surface area contributed by atoms with Crippen LogP contribution in [0.25, 0.3) is 0 Å². The molecule has 1 saturated carbocycles. The molecule has 86 valence electrons. The van der Waals surface area contributed by atoms with E-state index in [0.717, 1.165) is 29.5 Å². The second kappa shape index (κ2) is 4.38. The molecule has 2 fully saturated rings. The second-order valence-corrected chi connectivity index (χ2v) is 5.74. The number of nitrogens with one attached hydrogen (secondary N) is 1. The Morgan fingerprint density at radius 3 is 2.62 bits per heavy atom. The van der Waals surface area contributed by atoms with E-state index in [0.29, 0.717) is 0 Å². The lowest BCUT2D eigenvalue weighted by atomic mass is 10.1. The average Bonchev–Trinajstić information content (AvgIpc) is 3.14. The molecular formula is C13H17BrN2. The molecule has 1 aromatic carbocycles. The number of hydrogen-bond acceptors (Lipinski definition) is 2. The van der Waals surface area contributed by atoms with Crippen LogP contribution in [0.4, 0.5) is 5.69 Å². The predicted molar refractivity (Wildman–Crippen MR) is 70.9 cm³/mol. The van der Waals surface area contributed by atoms with Crippen LogP contribution in [0.1, 0.15) is 12.8 Å². The zero-order valence-corrected chi connectivity index (χ0v) is 10.9. The highest BCUT2D eigenvalue weighted by atomic mass is 79.9. The minimum atomic E-state index is 0.720. The van der Waals surface area contributed by atoms with Crippen molar-refractivity contribution in [2.75, 3.05) is 24.5 Å². The third kappa shape index (κ3) is 2.25. The Hall–Kier alpha value is -0.540. The molecule has 2 aliphatic rings. The summed E-state index contributed by atoms with van der Waals surface area (Å²) in [6.07, 6.45) is 2.84. The number of hydrogen-bond donors (Lipinski definition) is 1. The summed E-state index contributed by atoms with van der Waals surface area (Å²) < 4.78 is 1.16. The smallest absolute Gasteiger partial charge is 0.0367 e. The van der Waals surface area contributed by atoms with Gasteiger partial charge in [-0.25, -0.2) is 0 Å². The number of rotatable bonds is 2. The maximum Gasteiger partial charge on any atom is 0.0367 e. The van der Waals surface area contributed by atoms with Crippen molar-refractivity contribution in [3.8, 4) is 0 Å². The largest absolute Gasteiger partial charge is 0.369 e. The van der Waals surface area contributed by atoms with Gasteiger partial charge in [0.25, 0.3) is 0 Å². The number of anilines is 1. The molecular weight excluding hydrogens is 264 g/mol. The van der Waals surface area contributed by atoms with Crippen LogP contribution in [0.5, 0.6) is 0 Å². The van der Waals surface area contributed by atoms with E-state index in [1.54, 1.807) is 0 Å². The number of halogens is 1. The Balaban J connectivity index is 1.71. The van der Waals surface area contributed by atoms with Crippen LogP contribution < -0.4 is 10.2 Å². The van der Waals surface area contributed by atoms with E-state index in [9.17, 15) is 0 Å². The fourth-order valence-electron chi connectivity index (χ4n) is 2.48. The van der Waals surface area contributed by atoms with Gasteiger partial charge in [0, 0.05) is 35.8 Å². The standard InChI is InChI=1S/C13H17BrN2/c14-11-3-5-12(6-4-11)16-8-7-15-13(9-16)10-1-2-10/h3-6,10,13,15H,1-2,7-9H2. The van der Waals surface area contributed by atoms with Crippen molar-refractivity contribution >= 4 is 21.6 Å². The van der Waals surface area contributed by atoms with Crippen LogP contribution in [0.2, 0.25) is 0 Å². The van der Waals surface area contributed by atoms with Gasteiger partial charge in [-0.1, -0.05) is 15.9 Å². The highest BCUT2D eigenvalue weighted by Gasteiger charge is 2.33. The minimum Gasteiger partial charge on any atom is -0.369 e. The zero-order chi connectivity index (χ0) is 11.0. The van der Waals surface area contributed by atoms with Gasteiger partial charge in [0.05, 0.1) is 0 Å². The van der Waals surface area contributed by atoms with E-state index in [-0.39, 0.29) is 0 Å². The second-order valence-electron chi connectivity index (χ2n) is 4.82. The Bertz CT molecular complexity index is 359. The lowest BCUT2D eigenvalue weighted by Gasteiger charge is -2.35. The van der Waals surface area contributed by atoms with E-state index in [4.69, 9.17) is 0 Å². The first-order valence-corrected chi connectivity index (χ1v) is 6.86. The Morgan fingerprint density at radius 1 is 1.19 bits per heavy atom. The van der Waals surface area contributed by atoms with Gasteiger partial charge in [0.2, 0.25) is 0 Å². The van der Waals surface area contributed by atoms with Crippen molar-refractivity contribution in [2.45, 2.75) is 18.9 Å². The van der Waals surface area contributed by atoms with Crippen LogP contribution in [0.15, 0.2) is 28.7 Å². The summed E-state index contributed by atoms with van der Waals surface area (Å²) in [5.74, 6) is 0.943. The highest BCUT2D eigenvalue weighted by Crippen LogP contribution is 2.34. The van der Waals surface area contributed by atoms with Gasteiger partial charge < -0.3 is 10.2 Å². The van der Waals surface area contributed by atoms with E-state index < -0.39 is 0 Å². The number of nitrogens with zero attached hydrogens (tertiary/aromatic N) is 1. The molecule has 1 N–H and O–H groups in total. The minimum absolute atomic E-state index is 0.720. The molecule has 1 heterocycles. The molecule has 16 heavy (non-hydrogen) atoms. The lowest BCUT2D eigenvalue weighted by Crippen LogP contribution is -2.51. The fourth-order valence-corrected chi connectivity index (χ4v) is 2.74. The molecule has 1 aromatic rings. The van der Waals surface area contributed by atoms with Crippen molar-refractivity contribution in [1.29, 1.82) is 0 Å². The molecule has 0 aromatic heterocycles. The predicted octanol–water partition coefficient (Wildman–Crippen LogP) is 2.64. The Morgan fingerprint density at radius 2 is 1.94 bits per heavy atom. The summed E-state index contributed by atoms with van der Waals surface area (Å²) >= 11 is 3.48. The van der Waals surface area contributed by atoms with Crippen LogP contribution in [-0.2, 0) is 0 Å². The van der Waals surface area contributed by atoms with Crippen LogP contribution >= 0.6 is 15.9 Å². The van der Waals surface area contributed by atoms with E-state index in [1.807, 2.05) is 0 Å². The van der Waals surface area contributed by atoms with Gasteiger partial charge in [-0.3, -0.25) is 0 Å². The van der Waals surface area contributed by atoms with Crippen molar-refractivity contribution in [1.82, 2.24) is 5.32 Å². The maximum atomic E-state index is 3.64. The quantitative estimate of drug-likeness (QED) is 0.896. The topological polar surface area (TPSA) is 15.3 Å². The molecule has 0 radical (unpaired) electrons. The summed E-state index contributed by atoms with van der Waals surface area (Å²) in [6, 6.07) is 9.39. The molecule has 1 unspecified atom stereocenters. The first-order chi connectivity index (χ1) is 7.83. The van der Waals surface area contributed by atoms with Crippen LogP contribution in [0.3, 0.4) is 0 Å². The van der Waals surface area contributed by atoms with Crippen molar-refractivity contribution in [3.63, 3.8) is 0 Å². The van der Waals surface area contributed by atoms with Crippen LogP contribution in [0, 0.1) is 5.92 Å². The molecule has 1 aliphatic heterocycles. The van der Waals surface area contributed by atoms with Gasteiger partial charge in [0.1, 0.15) is 0 Å². The summed E-state index contributed by atoms with van der Waals surface area (Å²) in [7, 11) is 0. The van der Waals surface area contributed by atoms with Crippen LogP contribution in [-0.4, -0.2) is 25.7 Å². The van der Waals surface area contributed by atoms with E-state index in [1.165, 1.54) is 25.1 Å². The summed E-state index contributed by atoms with van der Waals surface area (Å²) in [5.41, 5.74) is 1.36. The lowest BCUT2D eigenvalue weighted by molar-refractivity contribution is 0.419. The van der Waals surface area contributed by atoms with Crippen molar-refractivity contribution in [3.05, 3.63) is 28.7 Å². The van der Waals surface area contributed by atoms with Gasteiger partial charge in [-0.15, -0.1) is 0 Å².